The van der Waals surface area contributed by atoms with Gasteiger partial charge in [0.1, 0.15) is 97.7 Å². The van der Waals surface area contributed by atoms with E-state index in [2.05, 4.69) is 0 Å². The summed E-state index contributed by atoms with van der Waals surface area (Å²) in [7, 11) is 0. The number of hydrogen-bond donors (Lipinski definition) is 13. The highest BCUT2D eigenvalue weighted by atomic mass is 16.8. The van der Waals surface area contributed by atoms with Gasteiger partial charge in [-0.2, -0.15) is 0 Å². The Morgan fingerprint density at radius 2 is 0.773 bits per heavy atom. The number of rotatable bonds is 10. The molecule has 0 radical (unpaired) electrons. The Kier molecular flexibility index (Phi) is 12.6. The van der Waals surface area contributed by atoms with Crippen LogP contribution in [0.25, 0.3) is 0 Å². The maximum Gasteiger partial charge on any atom is 0.187 e. The summed E-state index contributed by atoms with van der Waals surface area (Å²) in [5.41, 5.74) is 0. The molecule has 0 amide bonds. The van der Waals surface area contributed by atoms with Crippen molar-refractivity contribution in [3.8, 4) is 0 Å². The van der Waals surface area contributed by atoms with Crippen molar-refractivity contribution in [3.05, 3.63) is 0 Å². The predicted octanol–water partition coefficient (Wildman–Crippen LogP) is -9.07. The standard InChI is InChI=1S/C24H42O20/c25-1-7-12(31)13(32)16(35)22(39-7)43-20-9(3-27)41-24(18(37)15(20)34)44-21-10(4-28)40-23(17(36)14(21)33)42-19-8(2-26)38-5-6(29)11(19)30/h6-37H,1-5H2/t6-,7-,8-,9-,10-,11-,12-,13+,14-,15-,16+,17+,18+,19-,20-,21-,22+,23+,24+/m1/s1. The molecule has 0 spiro atoms. The summed E-state index contributed by atoms with van der Waals surface area (Å²) in [4.78, 5) is 0. The van der Waals surface area contributed by atoms with Crippen LogP contribution in [-0.4, -0.2) is 216 Å². The molecule has 20 nitrogen and oxygen atoms in total. The van der Waals surface area contributed by atoms with Gasteiger partial charge in [0.05, 0.1) is 33.0 Å². The lowest BCUT2D eigenvalue weighted by molar-refractivity contribution is -0.384. The summed E-state index contributed by atoms with van der Waals surface area (Å²) in [6, 6.07) is 0. The Hall–Kier alpha value is -0.800. The second-order valence-corrected chi connectivity index (χ2v) is 11.0. The van der Waals surface area contributed by atoms with Crippen molar-refractivity contribution in [3.63, 3.8) is 0 Å². The molecule has 0 bridgehead atoms. The van der Waals surface area contributed by atoms with Crippen LogP contribution in [0.3, 0.4) is 0 Å². The lowest BCUT2D eigenvalue weighted by Gasteiger charge is -2.48. The van der Waals surface area contributed by atoms with Crippen LogP contribution in [0.2, 0.25) is 0 Å². The van der Waals surface area contributed by atoms with E-state index >= 15 is 0 Å². The number of ether oxygens (including phenoxy) is 7. The molecule has 4 fully saturated rings. The second-order valence-electron chi connectivity index (χ2n) is 11.0. The van der Waals surface area contributed by atoms with Crippen LogP contribution in [0.5, 0.6) is 0 Å². The van der Waals surface area contributed by atoms with E-state index in [4.69, 9.17) is 33.2 Å². The minimum atomic E-state index is -1.99. The molecule has 0 saturated carbocycles. The van der Waals surface area contributed by atoms with Gasteiger partial charge in [-0.1, -0.05) is 0 Å². The Labute approximate surface area is 249 Å². The Balaban J connectivity index is 1.43. The molecular weight excluding hydrogens is 608 g/mol. The zero-order valence-corrected chi connectivity index (χ0v) is 23.2. The molecule has 20 heteroatoms. The first-order valence-electron chi connectivity index (χ1n) is 14.0. The number of aliphatic hydroxyl groups is 13. The van der Waals surface area contributed by atoms with Gasteiger partial charge in [-0.3, -0.25) is 0 Å². The molecule has 19 atom stereocenters. The maximum atomic E-state index is 10.9. The van der Waals surface area contributed by atoms with Crippen molar-refractivity contribution in [1.82, 2.24) is 0 Å². The van der Waals surface area contributed by atoms with Gasteiger partial charge in [-0.15, -0.1) is 0 Å². The van der Waals surface area contributed by atoms with Gasteiger partial charge in [-0.25, -0.2) is 0 Å². The molecule has 13 N–H and O–H groups in total. The fourth-order valence-corrected chi connectivity index (χ4v) is 5.49. The second kappa shape index (κ2) is 15.4. The van der Waals surface area contributed by atoms with Crippen molar-refractivity contribution < 1.29 is 99.5 Å². The Bertz CT molecular complexity index is 879. The molecule has 0 aromatic heterocycles. The molecule has 0 aromatic rings. The molecule has 44 heavy (non-hydrogen) atoms. The molecule has 4 rings (SSSR count). The highest BCUT2D eigenvalue weighted by molar-refractivity contribution is 4.97. The molecule has 4 saturated heterocycles. The molecule has 4 heterocycles. The third kappa shape index (κ3) is 7.19. The van der Waals surface area contributed by atoms with Gasteiger partial charge in [-0.05, 0) is 0 Å². The lowest BCUT2D eigenvalue weighted by atomic mass is 9.95. The van der Waals surface area contributed by atoms with E-state index in [-0.39, 0.29) is 6.61 Å². The molecule has 0 aliphatic carbocycles. The van der Waals surface area contributed by atoms with E-state index in [9.17, 15) is 66.4 Å². The van der Waals surface area contributed by atoms with Gasteiger partial charge in [0.15, 0.2) is 18.9 Å². The van der Waals surface area contributed by atoms with Crippen LogP contribution < -0.4 is 0 Å². The topological polar surface area (TPSA) is 328 Å². The van der Waals surface area contributed by atoms with Crippen LogP contribution in [0.1, 0.15) is 0 Å². The summed E-state index contributed by atoms with van der Waals surface area (Å²) < 4.78 is 38.1. The van der Waals surface area contributed by atoms with Crippen molar-refractivity contribution >= 4 is 0 Å². The van der Waals surface area contributed by atoms with Crippen LogP contribution in [0.15, 0.2) is 0 Å². The summed E-state index contributed by atoms with van der Waals surface area (Å²) in [6.45, 7) is -3.45. The minimum Gasteiger partial charge on any atom is -0.394 e. The summed E-state index contributed by atoms with van der Waals surface area (Å²) in [5, 5.41) is 132. The van der Waals surface area contributed by atoms with E-state index < -0.39 is 143 Å². The summed E-state index contributed by atoms with van der Waals surface area (Å²) >= 11 is 0. The first-order valence-corrected chi connectivity index (χ1v) is 14.0. The SMILES string of the molecule is OC[C@H]1O[C@@H](O[C@H]2[C@H](O)[C@H](O)[C@H](O[C@H]3[C@H](O)[C@H](O)[C@H](O[C@H]4[C@H](O)[C@H](O)CO[C@@H]4CO)O[C@@H]3CO)O[C@@H]2CO)[C@@H](O)[C@@H](O)[C@@H]1O. The van der Waals surface area contributed by atoms with E-state index in [1.807, 2.05) is 0 Å². The summed E-state index contributed by atoms with van der Waals surface area (Å²) in [5.74, 6) is 0. The van der Waals surface area contributed by atoms with Crippen LogP contribution in [0.4, 0.5) is 0 Å². The van der Waals surface area contributed by atoms with E-state index in [0.717, 1.165) is 0 Å². The predicted molar refractivity (Wildman–Crippen MR) is 133 cm³/mol. The van der Waals surface area contributed by atoms with Crippen LogP contribution in [0, 0.1) is 0 Å². The van der Waals surface area contributed by atoms with Gasteiger partial charge < -0.3 is 99.5 Å². The number of aliphatic hydroxyl groups excluding tert-OH is 13. The first kappa shape index (κ1) is 36.0. The largest absolute Gasteiger partial charge is 0.394 e. The maximum absolute atomic E-state index is 10.9. The molecule has 258 valence electrons. The molecule has 0 aromatic carbocycles. The Morgan fingerprint density at radius 3 is 1.18 bits per heavy atom. The third-order valence-corrected chi connectivity index (χ3v) is 8.12. The molecule has 4 aliphatic rings. The average Bonchev–Trinajstić information content (AvgIpc) is 3.02. The van der Waals surface area contributed by atoms with E-state index in [1.54, 1.807) is 0 Å². The van der Waals surface area contributed by atoms with Gasteiger partial charge in [0.2, 0.25) is 0 Å². The smallest absolute Gasteiger partial charge is 0.187 e. The minimum absolute atomic E-state index is 0.309. The lowest BCUT2D eigenvalue weighted by Crippen LogP contribution is -2.67. The van der Waals surface area contributed by atoms with Gasteiger partial charge in [0, 0.05) is 0 Å². The van der Waals surface area contributed by atoms with Gasteiger partial charge in [0.25, 0.3) is 0 Å². The first-order chi connectivity index (χ1) is 20.9. The van der Waals surface area contributed by atoms with E-state index in [0.29, 0.717) is 0 Å². The fourth-order valence-electron chi connectivity index (χ4n) is 5.49. The zero-order chi connectivity index (χ0) is 32.5. The van der Waals surface area contributed by atoms with Crippen molar-refractivity contribution in [2.24, 2.45) is 0 Å². The van der Waals surface area contributed by atoms with Gasteiger partial charge >= 0.3 is 0 Å². The monoisotopic (exact) mass is 650 g/mol. The molecular formula is C24H42O20. The quantitative estimate of drug-likeness (QED) is 0.104. The van der Waals surface area contributed by atoms with Crippen molar-refractivity contribution in [2.75, 3.05) is 33.0 Å². The Morgan fingerprint density at radius 1 is 0.409 bits per heavy atom. The molecule has 4 aliphatic heterocycles. The number of hydrogen-bond acceptors (Lipinski definition) is 20. The third-order valence-electron chi connectivity index (χ3n) is 8.12. The van der Waals surface area contributed by atoms with Crippen LogP contribution >= 0.6 is 0 Å². The van der Waals surface area contributed by atoms with Crippen molar-refractivity contribution in [1.29, 1.82) is 0 Å². The highest BCUT2D eigenvalue weighted by Crippen LogP contribution is 2.33. The highest BCUT2D eigenvalue weighted by Gasteiger charge is 2.54. The normalized spacial score (nSPS) is 52.2. The van der Waals surface area contributed by atoms with E-state index in [1.165, 1.54) is 0 Å². The fraction of sp³-hybridized carbons (Fsp3) is 1.00. The van der Waals surface area contributed by atoms with Crippen molar-refractivity contribution in [2.45, 2.75) is 117 Å². The molecule has 0 unspecified atom stereocenters. The average molecular weight is 651 g/mol. The van der Waals surface area contributed by atoms with Crippen LogP contribution in [-0.2, 0) is 33.2 Å². The zero-order valence-electron chi connectivity index (χ0n) is 23.2. The summed E-state index contributed by atoms with van der Waals surface area (Å²) in [6.07, 6.45) is -31.7.